The Bertz CT molecular complexity index is 246. The number of nitrogens with two attached hydrogens (primary N) is 2. The largest absolute Gasteiger partial charge is 0.356 e. The van der Waals surface area contributed by atoms with Crippen molar-refractivity contribution in [1.82, 2.24) is 10.6 Å². The number of unbranched alkanes of at least 4 members (excludes halogenated alkanes) is 3. The molecule has 0 bridgehead atoms. The lowest BCUT2D eigenvalue weighted by molar-refractivity contribution is 0.650. The minimum Gasteiger partial charge on any atom is -0.356 e. The van der Waals surface area contributed by atoms with E-state index in [4.69, 9.17) is 17.1 Å². The molecule has 92 valence electrons. The Hall–Kier alpha value is -1.86. The molecule has 0 aliphatic carbocycles. The molecule has 0 aliphatic heterocycles. The van der Waals surface area contributed by atoms with Crippen LogP contribution in [0.2, 0.25) is 0 Å². The van der Waals surface area contributed by atoms with Crippen LogP contribution >= 0.6 is 0 Å². The zero-order valence-corrected chi connectivity index (χ0v) is 9.53. The van der Waals surface area contributed by atoms with E-state index in [2.05, 4.69) is 33.0 Å². The third-order valence-corrected chi connectivity index (χ3v) is 1.84. The molecule has 0 saturated carbocycles. The highest BCUT2D eigenvalue weighted by Gasteiger charge is 1.99. The molecular weight excluding hydrogens is 208 g/mol. The number of nitrogens with zero attached hydrogens (tertiary/aromatic N) is 3. The van der Waals surface area contributed by atoms with E-state index < -0.39 is 0 Å². The predicted octanol–water partition coefficient (Wildman–Crippen LogP) is 0.236. The van der Waals surface area contributed by atoms with Crippen molar-refractivity contribution < 1.29 is 0 Å². The van der Waals surface area contributed by atoms with Crippen molar-refractivity contribution >= 4 is 11.9 Å². The standard InChI is InChI=1S/C8H20N8/c1-2-3-4-5-6-12-7(9)13-8(14-10)15-16-11/h2-6,10H2,1H3,(H5,9,11,12,13,14,15). The van der Waals surface area contributed by atoms with Gasteiger partial charge in [0.05, 0.1) is 0 Å². The molecule has 8 nitrogen and oxygen atoms in total. The Labute approximate surface area is 95.0 Å². The normalized spacial score (nSPS) is 11.7. The smallest absolute Gasteiger partial charge is 0.267 e. The Morgan fingerprint density at radius 1 is 1.25 bits per heavy atom. The number of hydrogen-bond donors (Lipinski definition) is 5. The van der Waals surface area contributed by atoms with Crippen LogP contribution in [0.3, 0.4) is 0 Å². The van der Waals surface area contributed by atoms with Gasteiger partial charge in [0, 0.05) is 6.54 Å². The van der Waals surface area contributed by atoms with E-state index >= 15 is 0 Å². The molecular formula is C8H20N8. The van der Waals surface area contributed by atoms with Gasteiger partial charge in [0.25, 0.3) is 5.96 Å². The molecule has 8 heteroatoms. The Kier molecular flexibility index (Phi) is 8.56. The van der Waals surface area contributed by atoms with Crippen LogP contribution in [-0.4, -0.2) is 18.5 Å². The van der Waals surface area contributed by atoms with E-state index in [1.807, 2.05) is 0 Å². The van der Waals surface area contributed by atoms with Crippen LogP contribution < -0.4 is 22.3 Å². The van der Waals surface area contributed by atoms with Crippen molar-refractivity contribution in [3.05, 3.63) is 0 Å². The molecule has 0 aliphatic rings. The van der Waals surface area contributed by atoms with Gasteiger partial charge in [0.15, 0.2) is 5.96 Å². The lowest BCUT2D eigenvalue weighted by Crippen LogP contribution is -2.40. The average Bonchev–Trinajstić information content (AvgIpc) is 2.28. The van der Waals surface area contributed by atoms with Gasteiger partial charge in [0.2, 0.25) is 0 Å². The summed E-state index contributed by atoms with van der Waals surface area (Å²) in [5, 5.41) is 22.5. The molecule has 7 N–H and O–H groups in total. The Morgan fingerprint density at radius 2 is 2.00 bits per heavy atom. The number of hydrazone groups is 1. The number of rotatable bonds is 5. The fourth-order valence-corrected chi connectivity index (χ4v) is 1.06. The van der Waals surface area contributed by atoms with Crippen molar-refractivity contribution in [3.8, 4) is 0 Å². The maximum absolute atomic E-state index is 7.48. The van der Waals surface area contributed by atoms with Crippen molar-refractivity contribution in [1.29, 1.82) is 5.41 Å². The van der Waals surface area contributed by atoms with E-state index in [9.17, 15) is 0 Å². The van der Waals surface area contributed by atoms with Gasteiger partial charge in [-0.15, -0.1) is 5.10 Å². The molecule has 0 amide bonds. The monoisotopic (exact) mass is 228 g/mol. The second kappa shape index (κ2) is 9.69. The fourth-order valence-electron chi connectivity index (χ4n) is 1.06. The first-order valence-electron chi connectivity index (χ1n) is 5.22. The highest BCUT2D eigenvalue weighted by molar-refractivity contribution is 5.97. The Balaban J connectivity index is 3.65. The maximum atomic E-state index is 7.48. The van der Waals surface area contributed by atoms with Gasteiger partial charge in [-0.25, -0.2) is 0 Å². The van der Waals surface area contributed by atoms with E-state index in [1.54, 1.807) is 0 Å². The van der Waals surface area contributed by atoms with Crippen molar-refractivity contribution in [2.45, 2.75) is 32.6 Å². The van der Waals surface area contributed by atoms with Crippen LogP contribution in [0.15, 0.2) is 15.4 Å². The second-order valence-electron chi connectivity index (χ2n) is 3.16. The zero-order valence-electron chi connectivity index (χ0n) is 9.53. The number of hydrogen-bond acceptors (Lipinski definition) is 4. The summed E-state index contributed by atoms with van der Waals surface area (Å²) in [6, 6.07) is 0. The third-order valence-electron chi connectivity index (χ3n) is 1.84. The average molecular weight is 228 g/mol. The molecule has 0 aromatic carbocycles. The first-order chi connectivity index (χ1) is 7.74. The zero-order chi connectivity index (χ0) is 12.2. The van der Waals surface area contributed by atoms with Crippen LogP contribution in [0.5, 0.6) is 0 Å². The van der Waals surface area contributed by atoms with E-state index in [0.717, 1.165) is 19.4 Å². The lowest BCUT2D eigenvalue weighted by Gasteiger charge is -2.08. The van der Waals surface area contributed by atoms with Crippen LogP contribution in [0.1, 0.15) is 32.6 Å². The fraction of sp³-hybridized carbons (Fsp3) is 0.750. The summed E-state index contributed by atoms with van der Waals surface area (Å²) in [6.45, 7) is 2.88. The summed E-state index contributed by atoms with van der Waals surface area (Å²) < 4.78 is 0. The van der Waals surface area contributed by atoms with Gasteiger partial charge in [0.1, 0.15) is 0 Å². The molecule has 0 spiro atoms. The van der Waals surface area contributed by atoms with Crippen molar-refractivity contribution in [2.24, 2.45) is 27.1 Å². The van der Waals surface area contributed by atoms with Crippen molar-refractivity contribution in [2.75, 3.05) is 6.54 Å². The number of guanidine groups is 2. The van der Waals surface area contributed by atoms with Crippen LogP contribution in [0.4, 0.5) is 0 Å². The van der Waals surface area contributed by atoms with Crippen molar-refractivity contribution in [3.63, 3.8) is 0 Å². The molecule has 0 unspecified atom stereocenters. The van der Waals surface area contributed by atoms with Gasteiger partial charge in [-0.1, -0.05) is 36.5 Å². The maximum Gasteiger partial charge on any atom is 0.267 e. The summed E-state index contributed by atoms with van der Waals surface area (Å²) in [5.74, 6) is 9.89. The van der Waals surface area contributed by atoms with Gasteiger partial charge < -0.3 is 17.0 Å². The summed E-state index contributed by atoms with van der Waals surface area (Å²) in [7, 11) is 0. The summed E-state index contributed by atoms with van der Waals surface area (Å²) in [6.07, 6.45) is 4.57. The summed E-state index contributed by atoms with van der Waals surface area (Å²) in [4.78, 5) is 0. The molecule has 0 radical (unpaired) electrons. The minimum absolute atomic E-state index is 0.00596. The van der Waals surface area contributed by atoms with Crippen LogP contribution in [-0.2, 0) is 0 Å². The van der Waals surface area contributed by atoms with Crippen LogP contribution in [0.25, 0.3) is 0 Å². The van der Waals surface area contributed by atoms with Gasteiger partial charge in [-0.2, -0.15) is 0 Å². The van der Waals surface area contributed by atoms with E-state index in [0.29, 0.717) is 0 Å². The predicted molar refractivity (Wildman–Crippen MR) is 63.7 cm³/mol. The lowest BCUT2D eigenvalue weighted by atomic mass is 10.2. The molecule has 0 rings (SSSR count). The van der Waals surface area contributed by atoms with Gasteiger partial charge in [-0.05, 0) is 6.42 Å². The molecule has 0 heterocycles. The van der Waals surface area contributed by atoms with E-state index in [1.165, 1.54) is 12.8 Å². The van der Waals surface area contributed by atoms with Crippen LogP contribution in [0, 0.1) is 5.41 Å². The molecule has 0 saturated heterocycles. The third kappa shape index (κ3) is 7.54. The first kappa shape index (κ1) is 14.1. The first-order valence-corrected chi connectivity index (χ1v) is 5.22. The quantitative estimate of drug-likeness (QED) is 0.115. The Morgan fingerprint density at radius 3 is 2.56 bits per heavy atom. The van der Waals surface area contributed by atoms with E-state index in [-0.39, 0.29) is 11.9 Å². The topological polar surface area (TPSA) is 137 Å². The SMILES string of the molecule is CCCCCCNC(=N)NC(N=NN)=NN. The van der Waals surface area contributed by atoms with Gasteiger partial charge in [-0.3, -0.25) is 10.7 Å². The molecule has 0 aromatic rings. The summed E-state index contributed by atoms with van der Waals surface area (Å²) >= 11 is 0. The molecule has 16 heavy (non-hydrogen) atoms. The highest BCUT2D eigenvalue weighted by Crippen LogP contribution is 1.96. The summed E-state index contributed by atoms with van der Waals surface area (Å²) in [5.41, 5.74) is 0. The highest BCUT2D eigenvalue weighted by atomic mass is 15.4. The number of nitrogens with one attached hydrogen (secondary N) is 3. The molecule has 0 aromatic heterocycles. The minimum atomic E-state index is -0.00596. The second-order valence-corrected chi connectivity index (χ2v) is 3.16. The molecule has 0 fully saturated rings. The molecule has 0 atom stereocenters. The van der Waals surface area contributed by atoms with Gasteiger partial charge >= 0.3 is 0 Å².